The predicted octanol–water partition coefficient (Wildman–Crippen LogP) is 4.44. The molecule has 142 valence electrons. The molecule has 0 radical (unpaired) electrons. The van der Waals surface area contributed by atoms with Crippen LogP contribution in [0.25, 0.3) is 11.0 Å². The first kappa shape index (κ1) is 18.0. The predicted molar refractivity (Wildman–Crippen MR) is 107 cm³/mol. The lowest BCUT2D eigenvalue weighted by Gasteiger charge is -2.25. The van der Waals surface area contributed by atoms with Crippen molar-refractivity contribution in [1.82, 2.24) is 9.88 Å². The number of hydrogen-bond acceptors (Lipinski definition) is 6. The molecular weight excluding hydrogens is 362 g/mol. The van der Waals surface area contributed by atoms with Crippen LogP contribution in [0, 0.1) is 6.92 Å². The molecule has 4 rings (SSSR count). The number of thiazole rings is 1. The van der Waals surface area contributed by atoms with Gasteiger partial charge in [-0.05, 0) is 51.1 Å². The summed E-state index contributed by atoms with van der Waals surface area (Å²) in [4.78, 5) is 19.7. The summed E-state index contributed by atoms with van der Waals surface area (Å²) in [6.45, 7) is 4.97. The van der Waals surface area contributed by atoms with Gasteiger partial charge in [-0.3, -0.25) is 15.0 Å². The lowest BCUT2D eigenvalue weighted by molar-refractivity contribution is 0.0998. The summed E-state index contributed by atoms with van der Waals surface area (Å²) in [6.07, 6.45) is 3.82. The van der Waals surface area contributed by atoms with Crippen molar-refractivity contribution in [1.29, 1.82) is 0 Å². The number of aryl methyl sites for hydroxylation is 1. The third-order valence-corrected chi connectivity index (χ3v) is 5.76. The molecule has 1 aliphatic rings. The van der Waals surface area contributed by atoms with E-state index in [2.05, 4.69) is 15.2 Å². The number of anilines is 1. The molecular formula is C20H23N3O3S. The van der Waals surface area contributed by atoms with Crippen LogP contribution in [0.15, 0.2) is 28.0 Å². The zero-order valence-electron chi connectivity index (χ0n) is 15.6. The monoisotopic (exact) mass is 385 g/mol. The summed E-state index contributed by atoms with van der Waals surface area (Å²) in [5.41, 5.74) is 2.47. The number of nitrogens with one attached hydrogen (secondary N) is 1. The Morgan fingerprint density at radius 3 is 2.93 bits per heavy atom. The van der Waals surface area contributed by atoms with Crippen molar-refractivity contribution in [3.8, 4) is 5.75 Å². The van der Waals surface area contributed by atoms with Crippen LogP contribution in [-0.4, -0.2) is 36.0 Å². The minimum atomic E-state index is -0.276. The third-order valence-electron chi connectivity index (χ3n) is 4.96. The highest BCUT2D eigenvalue weighted by atomic mass is 32.1. The Labute approximate surface area is 162 Å². The van der Waals surface area contributed by atoms with Gasteiger partial charge >= 0.3 is 0 Å². The van der Waals surface area contributed by atoms with Crippen molar-refractivity contribution in [2.45, 2.75) is 32.7 Å². The van der Waals surface area contributed by atoms with Gasteiger partial charge in [0.25, 0.3) is 5.91 Å². The number of ether oxygens (including phenoxy) is 1. The standard InChI is InChI=1S/C20H23N3O3S/c1-13-16-10-15(25-2)6-7-17(16)26-18(13)19(24)22-20-21-14(12-27-20)11-23-8-4-3-5-9-23/h6-7,10,12H,3-5,8-9,11H2,1-2H3,(H,21,22,24). The van der Waals surface area contributed by atoms with Crippen molar-refractivity contribution in [2.75, 3.05) is 25.5 Å². The van der Waals surface area contributed by atoms with Gasteiger partial charge in [0, 0.05) is 22.9 Å². The molecule has 3 heterocycles. The minimum Gasteiger partial charge on any atom is -0.497 e. The fourth-order valence-corrected chi connectivity index (χ4v) is 4.18. The molecule has 0 spiro atoms. The van der Waals surface area contributed by atoms with E-state index in [1.54, 1.807) is 7.11 Å². The Hall–Kier alpha value is -2.38. The van der Waals surface area contributed by atoms with E-state index in [9.17, 15) is 4.79 Å². The lowest BCUT2D eigenvalue weighted by Crippen LogP contribution is -2.29. The average Bonchev–Trinajstić information content (AvgIpc) is 3.26. The summed E-state index contributed by atoms with van der Waals surface area (Å²) in [7, 11) is 1.62. The molecule has 1 fully saturated rings. The summed E-state index contributed by atoms with van der Waals surface area (Å²) >= 11 is 1.45. The SMILES string of the molecule is COc1ccc2oc(C(=O)Nc3nc(CN4CCCCC4)cs3)c(C)c2c1. The van der Waals surface area contributed by atoms with Crippen LogP contribution in [0.2, 0.25) is 0 Å². The Morgan fingerprint density at radius 2 is 2.15 bits per heavy atom. The number of carbonyl (C=O) groups excluding carboxylic acids is 1. The van der Waals surface area contributed by atoms with Gasteiger partial charge in [0.1, 0.15) is 11.3 Å². The van der Waals surface area contributed by atoms with Crippen LogP contribution in [0.5, 0.6) is 5.75 Å². The van der Waals surface area contributed by atoms with Crippen LogP contribution in [-0.2, 0) is 6.54 Å². The number of carbonyl (C=O) groups is 1. The number of methoxy groups -OCH3 is 1. The second-order valence-electron chi connectivity index (χ2n) is 6.85. The number of rotatable bonds is 5. The molecule has 27 heavy (non-hydrogen) atoms. The average molecular weight is 385 g/mol. The van der Waals surface area contributed by atoms with Gasteiger partial charge in [0.15, 0.2) is 10.9 Å². The minimum absolute atomic E-state index is 0.276. The number of furan rings is 1. The number of likely N-dealkylation sites (tertiary alicyclic amines) is 1. The number of hydrogen-bond donors (Lipinski definition) is 1. The van der Waals surface area contributed by atoms with Crippen molar-refractivity contribution in [2.24, 2.45) is 0 Å². The molecule has 1 aliphatic heterocycles. The smallest absolute Gasteiger partial charge is 0.293 e. The van der Waals surface area contributed by atoms with E-state index >= 15 is 0 Å². The van der Waals surface area contributed by atoms with E-state index in [4.69, 9.17) is 9.15 Å². The van der Waals surface area contributed by atoms with Crippen LogP contribution in [0.1, 0.15) is 41.1 Å². The Kier molecular flexibility index (Phi) is 5.13. The molecule has 3 aromatic rings. The van der Waals surface area contributed by atoms with E-state index in [1.807, 2.05) is 30.5 Å². The first-order valence-electron chi connectivity index (χ1n) is 9.19. The number of fused-ring (bicyclic) bond motifs is 1. The van der Waals surface area contributed by atoms with Crippen LogP contribution in [0.4, 0.5) is 5.13 Å². The van der Waals surface area contributed by atoms with Crippen molar-refractivity contribution in [3.63, 3.8) is 0 Å². The maximum absolute atomic E-state index is 12.7. The quantitative estimate of drug-likeness (QED) is 0.703. The number of piperidine rings is 1. The Bertz CT molecular complexity index is 957. The van der Waals surface area contributed by atoms with E-state index in [0.717, 1.165) is 42.0 Å². The van der Waals surface area contributed by atoms with Gasteiger partial charge in [0.2, 0.25) is 0 Å². The highest BCUT2D eigenvalue weighted by Crippen LogP contribution is 2.29. The fourth-order valence-electron chi connectivity index (χ4n) is 3.48. The van der Waals surface area contributed by atoms with Crippen molar-refractivity contribution in [3.05, 3.63) is 40.6 Å². The maximum atomic E-state index is 12.7. The maximum Gasteiger partial charge on any atom is 0.293 e. The lowest BCUT2D eigenvalue weighted by atomic mass is 10.1. The van der Waals surface area contributed by atoms with Gasteiger partial charge in [-0.1, -0.05) is 6.42 Å². The third kappa shape index (κ3) is 3.84. The molecule has 6 nitrogen and oxygen atoms in total. The molecule has 0 aliphatic carbocycles. The number of nitrogens with zero attached hydrogens (tertiary/aromatic N) is 2. The fraction of sp³-hybridized carbons (Fsp3) is 0.400. The second-order valence-corrected chi connectivity index (χ2v) is 7.71. The first-order chi connectivity index (χ1) is 13.1. The molecule has 0 bridgehead atoms. The molecule has 1 N–H and O–H groups in total. The van der Waals surface area contributed by atoms with E-state index in [0.29, 0.717) is 16.5 Å². The van der Waals surface area contributed by atoms with Crippen LogP contribution in [0.3, 0.4) is 0 Å². The molecule has 1 aromatic carbocycles. The van der Waals surface area contributed by atoms with Crippen molar-refractivity contribution < 1.29 is 13.9 Å². The number of aromatic nitrogens is 1. The van der Waals surface area contributed by atoms with Gasteiger partial charge in [-0.15, -0.1) is 11.3 Å². The molecule has 7 heteroatoms. The zero-order valence-corrected chi connectivity index (χ0v) is 16.4. The van der Waals surface area contributed by atoms with Gasteiger partial charge in [0.05, 0.1) is 12.8 Å². The van der Waals surface area contributed by atoms with Crippen LogP contribution >= 0.6 is 11.3 Å². The molecule has 2 aromatic heterocycles. The Balaban J connectivity index is 1.47. The second kappa shape index (κ2) is 7.70. The molecule has 0 atom stereocenters. The number of amides is 1. The molecule has 0 unspecified atom stereocenters. The topological polar surface area (TPSA) is 67.6 Å². The van der Waals surface area contributed by atoms with Crippen LogP contribution < -0.4 is 10.1 Å². The van der Waals surface area contributed by atoms with Gasteiger partial charge < -0.3 is 9.15 Å². The number of benzene rings is 1. The van der Waals surface area contributed by atoms with Gasteiger partial charge in [-0.2, -0.15) is 0 Å². The highest BCUT2D eigenvalue weighted by Gasteiger charge is 2.20. The first-order valence-corrected chi connectivity index (χ1v) is 10.1. The highest BCUT2D eigenvalue weighted by molar-refractivity contribution is 7.13. The van der Waals surface area contributed by atoms with E-state index < -0.39 is 0 Å². The van der Waals surface area contributed by atoms with E-state index in [1.165, 1.54) is 30.6 Å². The van der Waals surface area contributed by atoms with Crippen molar-refractivity contribution >= 4 is 33.3 Å². The normalized spacial score (nSPS) is 15.2. The summed E-state index contributed by atoms with van der Waals surface area (Å²) < 4.78 is 11.0. The van der Waals surface area contributed by atoms with E-state index in [-0.39, 0.29) is 5.91 Å². The molecule has 1 amide bonds. The summed E-state index contributed by atoms with van der Waals surface area (Å²) in [5, 5.41) is 6.37. The van der Waals surface area contributed by atoms with Gasteiger partial charge in [-0.25, -0.2) is 4.98 Å². The molecule has 0 saturated carbocycles. The molecule has 1 saturated heterocycles. The largest absolute Gasteiger partial charge is 0.497 e. The Morgan fingerprint density at radius 1 is 1.33 bits per heavy atom. The zero-order chi connectivity index (χ0) is 18.8. The summed E-state index contributed by atoms with van der Waals surface area (Å²) in [5.74, 6) is 0.771. The summed E-state index contributed by atoms with van der Waals surface area (Å²) in [6, 6.07) is 5.52.